The van der Waals surface area contributed by atoms with Gasteiger partial charge >= 0.3 is 0 Å². The van der Waals surface area contributed by atoms with Crippen molar-refractivity contribution in [1.82, 2.24) is 0 Å². The molecule has 2 rings (SSSR count). The van der Waals surface area contributed by atoms with E-state index in [9.17, 15) is 9.50 Å². The van der Waals surface area contributed by atoms with E-state index < -0.39 is 0 Å². The van der Waals surface area contributed by atoms with Crippen molar-refractivity contribution in [1.29, 1.82) is 0 Å². The maximum atomic E-state index is 14.0. The number of para-hydroxylation sites is 1. The van der Waals surface area contributed by atoms with Gasteiger partial charge in [0.25, 0.3) is 0 Å². The lowest BCUT2D eigenvalue weighted by molar-refractivity contribution is 0.0464. The molecule has 0 unspecified atom stereocenters. The second-order valence-electron chi connectivity index (χ2n) is 5.34. The number of aliphatic hydroxyl groups excluding tert-OH is 1. The first-order valence-electron chi connectivity index (χ1n) is 6.42. The first-order chi connectivity index (χ1) is 8.49. The summed E-state index contributed by atoms with van der Waals surface area (Å²) < 4.78 is 14.0. The highest BCUT2D eigenvalue weighted by atomic mass is 19.1. The summed E-state index contributed by atoms with van der Waals surface area (Å²) in [6.45, 7) is 2.62. The lowest BCUT2D eigenvalue weighted by Crippen LogP contribution is -2.37. The average Bonchev–Trinajstić information content (AvgIpc) is 2.26. The zero-order chi connectivity index (χ0) is 13.3. The van der Waals surface area contributed by atoms with Gasteiger partial charge in [-0.25, -0.2) is 4.39 Å². The Morgan fingerprint density at radius 1 is 1.50 bits per heavy atom. The highest BCUT2D eigenvalue weighted by Crippen LogP contribution is 2.32. The van der Waals surface area contributed by atoms with Crippen molar-refractivity contribution in [3.63, 3.8) is 0 Å². The van der Waals surface area contributed by atoms with E-state index in [1.54, 1.807) is 6.07 Å². The Hall–Kier alpha value is -1.13. The Balaban J connectivity index is 2.15. The number of rotatable bonds is 4. The van der Waals surface area contributed by atoms with Gasteiger partial charge in [0.1, 0.15) is 5.82 Å². The van der Waals surface area contributed by atoms with Gasteiger partial charge in [0.05, 0.1) is 11.8 Å². The van der Waals surface area contributed by atoms with Gasteiger partial charge in [0.15, 0.2) is 0 Å². The van der Waals surface area contributed by atoms with Crippen LogP contribution in [0.1, 0.15) is 31.4 Å². The lowest BCUT2D eigenvalue weighted by Gasteiger charge is -2.36. The number of hydrogen-bond acceptors (Lipinski definition) is 3. The normalized spacial score (nSPS) is 24.5. The number of nitrogens with zero attached hydrogens (tertiary/aromatic N) is 1. The molecule has 18 heavy (non-hydrogen) atoms. The molecule has 1 atom stereocenters. The van der Waals surface area contributed by atoms with Gasteiger partial charge in [-0.05, 0) is 37.3 Å². The Morgan fingerprint density at radius 2 is 2.17 bits per heavy atom. The van der Waals surface area contributed by atoms with E-state index in [0.29, 0.717) is 11.6 Å². The highest BCUT2D eigenvalue weighted by molar-refractivity contribution is 5.55. The fourth-order valence-electron chi connectivity index (χ4n) is 2.63. The number of benzene rings is 1. The lowest BCUT2D eigenvalue weighted by atomic mass is 9.82. The van der Waals surface area contributed by atoms with Crippen molar-refractivity contribution in [2.24, 2.45) is 11.7 Å². The van der Waals surface area contributed by atoms with Crippen molar-refractivity contribution in [3.8, 4) is 0 Å². The third-order valence-electron chi connectivity index (χ3n) is 3.63. The summed E-state index contributed by atoms with van der Waals surface area (Å²) in [6, 6.07) is 4.84. The summed E-state index contributed by atoms with van der Waals surface area (Å²) in [5.41, 5.74) is 7.31. The zero-order valence-corrected chi connectivity index (χ0v) is 10.9. The zero-order valence-electron chi connectivity index (χ0n) is 10.9. The molecule has 0 bridgehead atoms. The van der Waals surface area contributed by atoms with Crippen molar-refractivity contribution >= 4 is 5.69 Å². The molecule has 3 N–H and O–H groups in total. The summed E-state index contributed by atoms with van der Waals surface area (Å²) in [5, 5.41) is 9.29. The molecule has 0 saturated heterocycles. The van der Waals surface area contributed by atoms with E-state index in [1.165, 1.54) is 6.07 Å². The van der Waals surface area contributed by atoms with Crippen LogP contribution in [-0.2, 0) is 0 Å². The fraction of sp³-hybridized carbons (Fsp3) is 0.571. The van der Waals surface area contributed by atoms with Gasteiger partial charge in [0, 0.05) is 19.6 Å². The third kappa shape index (κ3) is 2.65. The molecule has 0 heterocycles. The molecule has 1 aromatic rings. The number of aliphatic hydroxyl groups is 1. The molecule has 0 spiro atoms. The fourth-order valence-corrected chi connectivity index (χ4v) is 2.63. The predicted molar refractivity (Wildman–Crippen MR) is 71.0 cm³/mol. The number of halogens is 1. The monoisotopic (exact) mass is 252 g/mol. The van der Waals surface area contributed by atoms with Crippen molar-refractivity contribution < 1.29 is 9.50 Å². The van der Waals surface area contributed by atoms with Crippen LogP contribution in [0.2, 0.25) is 0 Å². The van der Waals surface area contributed by atoms with Crippen LogP contribution in [-0.4, -0.2) is 24.8 Å². The van der Waals surface area contributed by atoms with Crippen molar-refractivity contribution in [2.45, 2.75) is 31.9 Å². The third-order valence-corrected chi connectivity index (χ3v) is 3.63. The minimum absolute atomic E-state index is 0.170. The van der Waals surface area contributed by atoms with Gasteiger partial charge in [-0.15, -0.1) is 0 Å². The number of anilines is 1. The standard InChI is InChI=1S/C14H21FN2O/c1-9(16)12-4-3-5-13(15)14(12)17(2)8-10-6-11(18)7-10/h3-5,9-11,18H,6-8,16H2,1-2H3/t9-,10?,11?/m0/s1. The summed E-state index contributed by atoms with van der Waals surface area (Å²) in [7, 11) is 1.88. The predicted octanol–water partition coefficient (Wildman–Crippen LogP) is 2.05. The van der Waals surface area contributed by atoms with Gasteiger partial charge in [0.2, 0.25) is 0 Å². The van der Waals surface area contributed by atoms with Gasteiger partial charge in [-0.3, -0.25) is 0 Å². The Kier molecular flexibility index (Phi) is 3.88. The number of nitrogens with two attached hydrogens (primary N) is 1. The minimum Gasteiger partial charge on any atom is -0.393 e. The van der Waals surface area contributed by atoms with Gasteiger partial charge in [-0.1, -0.05) is 12.1 Å². The van der Waals surface area contributed by atoms with E-state index in [0.717, 1.165) is 24.9 Å². The second kappa shape index (κ2) is 5.24. The van der Waals surface area contributed by atoms with Crippen LogP contribution < -0.4 is 10.6 Å². The molecule has 0 aliphatic heterocycles. The van der Waals surface area contributed by atoms with Gasteiger partial charge < -0.3 is 15.7 Å². The molecule has 0 amide bonds. The van der Waals surface area contributed by atoms with Crippen LogP contribution >= 0.6 is 0 Å². The summed E-state index contributed by atoms with van der Waals surface area (Å²) in [5.74, 6) is 0.220. The molecule has 1 aromatic carbocycles. The molecule has 3 nitrogen and oxygen atoms in total. The molecule has 1 fully saturated rings. The first-order valence-corrected chi connectivity index (χ1v) is 6.42. The molecule has 0 aromatic heterocycles. The molecule has 1 aliphatic rings. The highest BCUT2D eigenvalue weighted by Gasteiger charge is 2.29. The summed E-state index contributed by atoms with van der Waals surface area (Å²) in [4.78, 5) is 1.92. The molecule has 1 saturated carbocycles. The average molecular weight is 252 g/mol. The SMILES string of the molecule is C[C@H](N)c1cccc(F)c1N(C)CC1CC(O)C1. The molecule has 1 aliphatic carbocycles. The summed E-state index contributed by atoms with van der Waals surface area (Å²) >= 11 is 0. The maximum absolute atomic E-state index is 14.0. The van der Waals surface area contributed by atoms with E-state index in [1.807, 2.05) is 24.9 Å². The largest absolute Gasteiger partial charge is 0.393 e. The van der Waals surface area contributed by atoms with Crippen LogP contribution in [0.5, 0.6) is 0 Å². The topological polar surface area (TPSA) is 49.5 Å². The maximum Gasteiger partial charge on any atom is 0.146 e. The van der Waals surface area contributed by atoms with Crippen LogP contribution in [0.3, 0.4) is 0 Å². The van der Waals surface area contributed by atoms with Crippen molar-refractivity contribution in [2.75, 3.05) is 18.5 Å². The van der Waals surface area contributed by atoms with Crippen LogP contribution in [0.15, 0.2) is 18.2 Å². The Bertz CT molecular complexity index is 416. The Morgan fingerprint density at radius 3 is 2.72 bits per heavy atom. The number of hydrogen-bond donors (Lipinski definition) is 2. The van der Waals surface area contributed by atoms with E-state index in [2.05, 4.69) is 0 Å². The molecule has 100 valence electrons. The van der Waals surface area contributed by atoms with E-state index in [4.69, 9.17) is 5.73 Å². The van der Waals surface area contributed by atoms with Gasteiger partial charge in [-0.2, -0.15) is 0 Å². The molecular formula is C14H21FN2O. The van der Waals surface area contributed by atoms with Crippen LogP contribution in [0, 0.1) is 11.7 Å². The van der Waals surface area contributed by atoms with E-state index >= 15 is 0 Å². The van der Waals surface area contributed by atoms with Crippen LogP contribution in [0.4, 0.5) is 10.1 Å². The Labute approximate surface area is 107 Å². The van der Waals surface area contributed by atoms with Crippen molar-refractivity contribution in [3.05, 3.63) is 29.6 Å². The second-order valence-corrected chi connectivity index (χ2v) is 5.34. The first kappa shape index (κ1) is 13.3. The molecule has 4 heteroatoms. The van der Waals surface area contributed by atoms with Crippen LogP contribution in [0.25, 0.3) is 0 Å². The smallest absolute Gasteiger partial charge is 0.146 e. The minimum atomic E-state index is -0.229. The molecule has 0 radical (unpaired) electrons. The van der Waals surface area contributed by atoms with E-state index in [-0.39, 0.29) is 18.0 Å². The molecular weight excluding hydrogens is 231 g/mol. The quantitative estimate of drug-likeness (QED) is 0.862. The summed E-state index contributed by atoms with van der Waals surface area (Å²) in [6.07, 6.45) is 1.45.